The van der Waals surface area contributed by atoms with E-state index in [0.29, 0.717) is 12.1 Å². The van der Waals surface area contributed by atoms with Crippen molar-refractivity contribution < 1.29 is 4.92 Å². The minimum absolute atomic E-state index is 0.0116. The van der Waals surface area contributed by atoms with Crippen molar-refractivity contribution in [1.29, 1.82) is 0 Å². The first-order valence-electron chi connectivity index (χ1n) is 6.40. The third-order valence-corrected chi connectivity index (χ3v) is 3.15. The second-order valence-electron chi connectivity index (χ2n) is 4.50. The number of nitrogens with zero attached hydrogens (tertiary/aromatic N) is 3. The van der Waals surface area contributed by atoms with E-state index in [0.717, 1.165) is 16.6 Å². The number of anilines is 1. The summed E-state index contributed by atoms with van der Waals surface area (Å²) in [4.78, 5) is 18.8. The van der Waals surface area contributed by atoms with Gasteiger partial charge in [0.05, 0.1) is 4.92 Å². The van der Waals surface area contributed by atoms with Gasteiger partial charge in [-0.2, -0.15) is 0 Å². The predicted molar refractivity (Wildman–Crippen MR) is 80.0 cm³/mol. The summed E-state index contributed by atoms with van der Waals surface area (Å²) < 4.78 is 0. The van der Waals surface area contributed by atoms with Gasteiger partial charge in [0.25, 0.3) is 5.69 Å². The number of pyridine rings is 2. The molecule has 0 unspecified atom stereocenters. The van der Waals surface area contributed by atoms with E-state index in [9.17, 15) is 10.1 Å². The summed E-state index contributed by atoms with van der Waals surface area (Å²) in [6, 6.07) is 10.6. The molecule has 6 heteroatoms. The van der Waals surface area contributed by atoms with Gasteiger partial charge in [0, 0.05) is 42.3 Å². The molecule has 2 aromatic heterocycles. The van der Waals surface area contributed by atoms with Crippen LogP contribution in [0.2, 0.25) is 0 Å². The molecule has 0 aliphatic rings. The van der Waals surface area contributed by atoms with Crippen LogP contribution in [0.15, 0.2) is 55.0 Å². The summed E-state index contributed by atoms with van der Waals surface area (Å²) in [5.41, 5.74) is 2.25. The second-order valence-corrected chi connectivity index (χ2v) is 4.50. The predicted octanol–water partition coefficient (Wildman–Crippen LogP) is 3.15. The zero-order chi connectivity index (χ0) is 14.7. The van der Waals surface area contributed by atoms with Gasteiger partial charge >= 0.3 is 0 Å². The molecule has 0 saturated heterocycles. The van der Waals surface area contributed by atoms with Gasteiger partial charge < -0.3 is 5.32 Å². The van der Waals surface area contributed by atoms with Crippen molar-refractivity contribution in [2.24, 2.45) is 0 Å². The van der Waals surface area contributed by atoms with E-state index in [2.05, 4.69) is 15.3 Å². The quantitative estimate of drug-likeness (QED) is 0.586. The van der Waals surface area contributed by atoms with Crippen LogP contribution in [0.4, 0.5) is 11.4 Å². The number of aromatic nitrogens is 2. The number of rotatable bonds is 4. The van der Waals surface area contributed by atoms with Crippen molar-refractivity contribution in [3.8, 4) is 0 Å². The standard InChI is InChI=1S/C15H12N4O2/c20-19(21)14-6-5-13(12-4-2-8-17-15(12)14)18-10-11-3-1-7-16-9-11/h1-9,18H,10H2. The Morgan fingerprint density at radius 2 is 2.00 bits per heavy atom. The Hall–Kier alpha value is -3.02. The Kier molecular flexibility index (Phi) is 3.42. The van der Waals surface area contributed by atoms with E-state index in [-0.39, 0.29) is 5.69 Å². The van der Waals surface area contributed by atoms with Crippen molar-refractivity contribution >= 4 is 22.3 Å². The second kappa shape index (κ2) is 5.54. The first-order chi connectivity index (χ1) is 10.3. The van der Waals surface area contributed by atoms with Gasteiger partial charge in [0.15, 0.2) is 0 Å². The molecule has 0 aliphatic heterocycles. The van der Waals surface area contributed by atoms with Crippen LogP contribution in [0, 0.1) is 10.1 Å². The summed E-state index contributed by atoms with van der Waals surface area (Å²) >= 11 is 0. The fraction of sp³-hybridized carbons (Fsp3) is 0.0667. The number of benzene rings is 1. The lowest BCUT2D eigenvalue weighted by Crippen LogP contribution is -2.01. The van der Waals surface area contributed by atoms with Crippen LogP contribution in [0.3, 0.4) is 0 Å². The number of nitro benzene ring substituents is 1. The Labute approximate surface area is 120 Å². The van der Waals surface area contributed by atoms with E-state index in [1.807, 2.05) is 18.2 Å². The average Bonchev–Trinajstić information content (AvgIpc) is 2.53. The third kappa shape index (κ3) is 2.64. The molecule has 2 heterocycles. The maximum Gasteiger partial charge on any atom is 0.295 e. The summed E-state index contributed by atoms with van der Waals surface area (Å²) in [7, 11) is 0. The van der Waals surface area contributed by atoms with Gasteiger partial charge in [0.1, 0.15) is 5.52 Å². The van der Waals surface area contributed by atoms with Crippen LogP contribution < -0.4 is 5.32 Å². The summed E-state index contributed by atoms with van der Waals surface area (Å²) in [6.45, 7) is 0.593. The van der Waals surface area contributed by atoms with E-state index >= 15 is 0 Å². The maximum absolute atomic E-state index is 11.0. The van der Waals surface area contributed by atoms with Crippen LogP contribution in [0.1, 0.15) is 5.56 Å². The van der Waals surface area contributed by atoms with Gasteiger partial charge in [-0.25, -0.2) is 4.98 Å². The van der Waals surface area contributed by atoms with Gasteiger partial charge in [-0.1, -0.05) is 6.07 Å². The molecule has 3 rings (SSSR count). The molecule has 1 N–H and O–H groups in total. The minimum Gasteiger partial charge on any atom is -0.380 e. The first kappa shape index (κ1) is 13.0. The number of non-ortho nitro benzene ring substituents is 1. The van der Waals surface area contributed by atoms with E-state index in [1.54, 1.807) is 30.7 Å². The lowest BCUT2D eigenvalue weighted by molar-refractivity contribution is -0.383. The largest absolute Gasteiger partial charge is 0.380 e. The van der Waals surface area contributed by atoms with Crippen LogP contribution in [-0.2, 0) is 6.54 Å². The lowest BCUT2D eigenvalue weighted by atomic mass is 10.1. The molecule has 0 bridgehead atoms. The zero-order valence-electron chi connectivity index (χ0n) is 11.1. The number of hydrogen-bond acceptors (Lipinski definition) is 5. The smallest absolute Gasteiger partial charge is 0.295 e. The number of nitro groups is 1. The summed E-state index contributed by atoms with van der Waals surface area (Å²) in [5.74, 6) is 0. The Balaban J connectivity index is 1.96. The normalized spacial score (nSPS) is 10.5. The highest BCUT2D eigenvalue weighted by Crippen LogP contribution is 2.29. The highest BCUT2D eigenvalue weighted by atomic mass is 16.6. The number of hydrogen-bond donors (Lipinski definition) is 1. The molecule has 0 aliphatic carbocycles. The van der Waals surface area contributed by atoms with E-state index < -0.39 is 4.92 Å². The van der Waals surface area contributed by atoms with Gasteiger partial charge in [-0.15, -0.1) is 0 Å². The zero-order valence-corrected chi connectivity index (χ0v) is 11.1. The van der Waals surface area contributed by atoms with Gasteiger partial charge in [-0.05, 0) is 29.8 Å². The SMILES string of the molecule is O=[N+]([O-])c1ccc(NCc2cccnc2)c2cccnc12. The van der Waals surface area contributed by atoms with Gasteiger partial charge in [0.2, 0.25) is 0 Å². The fourth-order valence-electron chi connectivity index (χ4n) is 2.16. The van der Waals surface area contributed by atoms with Crippen LogP contribution in [0.25, 0.3) is 10.9 Å². The highest BCUT2D eigenvalue weighted by molar-refractivity contribution is 5.96. The molecule has 0 atom stereocenters. The van der Waals surface area contributed by atoms with Crippen LogP contribution >= 0.6 is 0 Å². The van der Waals surface area contributed by atoms with E-state index in [4.69, 9.17) is 0 Å². The minimum atomic E-state index is -0.416. The molecule has 21 heavy (non-hydrogen) atoms. The highest BCUT2D eigenvalue weighted by Gasteiger charge is 2.14. The topological polar surface area (TPSA) is 81.0 Å². The molecule has 0 fully saturated rings. The molecular weight excluding hydrogens is 268 g/mol. The average molecular weight is 280 g/mol. The fourth-order valence-corrected chi connectivity index (χ4v) is 2.16. The summed E-state index contributed by atoms with van der Waals surface area (Å²) in [6.07, 6.45) is 5.05. The molecule has 0 amide bonds. The summed E-state index contributed by atoms with van der Waals surface area (Å²) in [5, 5.41) is 15.0. The Morgan fingerprint density at radius 1 is 1.14 bits per heavy atom. The molecule has 6 nitrogen and oxygen atoms in total. The maximum atomic E-state index is 11.0. The lowest BCUT2D eigenvalue weighted by Gasteiger charge is -2.09. The molecule has 104 valence electrons. The number of nitrogens with one attached hydrogen (secondary N) is 1. The molecular formula is C15H12N4O2. The van der Waals surface area contributed by atoms with Crippen molar-refractivity contribution in [3.05, 3.63) is 70.7 Å². The number of fused-ring (bicyclic) bond motifs is 1. The monoisotopic (exact) mass is 280 g/mol. The Morgan fingerprint density at radius 3 is 2.76 bits per heavy atom. The molecule has 0 saturated carbocycles. The van der Waals surface area contributed by atoms with Crippen molar-refractivity contribution in [3.63, 3.8) is 0 Å². The Bertz CT molecular complexity index is 790. The van der Waals surface area contributed by atoms with Crippen LogP contribution in [-0.4, -0.2) is 14.9 Å². The van der Waals surface area contributed by atoms with Crippen LogP contribution in [0.5, 0.6) is 0 Å². The molecule has 0 spiro atoms. The van der Waals surface area contributed by atoms with Crippen molar-refractivity contribution in [2.75, 3.05) is 5.32 Å². The van der Waals surface area contributed by atoms with Crippen molar-refractivity contribution in [1.82, 2.24) is 9.97 Å². The molecule has 1 aromatic carbocycles. The molecule has 0 radical (unpaired) electrons. The van der Waals surface area contributed by atoms with E-state index in [1.165, 1.54) is 6.07 Å². The third-order valence-electron chi connectivity index (χ3n) is 3.15. The van der Waals surface area contributed by atoms with Crippen molar-refractivity contribution in [2.45, 2.75) is 6.54 Å². The van der Waals surface area contributed by atoms with Gasteiger partial charge in [-0.3, -0.25) is 15.1 Å². The molecule has 3 aromatic rings. The first-order valence-corrected chi connectivity index (χ1v) is 6.40.